The minimum atomic E-state index is -0.982. The number of rotatable bonds is 20. The molecule has 1 fully saturated rings. The molecule has 1 aliphatic rings. The lowest BCUT2D eigenvalue weighted by molar-refractivity contribution is -0.210. The first-order valence-corrected chi connectivity index (χ1v) is 13.1. The smallest absolute Gasteiger partial charge is 0.114 e. The SMILES string of the molecule is CCCCCCCCCCCCCC/C=C/CCCCO[C@@H]1[C@@H](O)[C@H](CO)OC[C@H]1O. The fraction of sp³-hybridized carbons (Fsp3) is 0.923. The Bertz CT molecular complexity index is 415. The summed E-state index contributed by atoms with van der Waals surface area (Å²) in [7, 11) is 0. The van der Waals surface area contributed by atoms with E-state index in [-0.39, 0.29) is 13.2 Å². The molecule has 0 aliphatic carbocycles. The Kier molecular flexibility index (Phi) is 18.6. The topological polar surface area (TPSA) is 79.2 Å². The van der Waals surface area contributed by atoms with Gasteiger partial charge in [0.25, 0.3) is 0 Å². The highest BCUT2D eigenvalue weighted by Crippen LogP contribution is 2.19. The van der Waals surface area contributed by atoms with Gasteiger partial charge in [0.1, 0.15) is 24.4 Å². The highest BCUT2D eigenvalue weighted by molar-refractivity contribution is 4.87. The highest BCUT2D eigenvalue weighted by atomic mass is 16.6. The van der Waals surface area contributed by atoms with Crippen molar-refractivity contribution >= 4 is 0 Å². The molecule has 0 aromatic rings. The van der Waals surface area contributed by atoms with Gasteiger partial charge >= 0.3 is 0 Å². The van der Waals surface area contributed by atoms with Gasteiger partial charge < -0.3 is 24.8 Å². The van der Waals surface area contributed by atoms with E-state index in [1.54, 1.807) is 0 Å². The van der Waals surface area contributed by atoms with Crippen LogP contribution in [0.15, 0.2) is 12.2 Å². The number of ether oxygens (including phenoxy) is 2. The number of hydrogen-bond acceptors (Lipinski definition) is 5. The maximum atomic E-state index is 10.1. The van der Waals surface area contributed by atoms with Crippen LogP contribution >= 0.6 is 0 Å². The van der Waals surface area contributed by atoms with Crippen LogP contribution < -0.4 is 0 Å². The summed E-state index contributed by atoms with van der Waals surface area (Å²) in [5, 5.41) is 29.1. The molecule has 4 atom stereocenters. The van der Waals surface area contributed by atoms with E-state index >= 15 is 0 Å². The van der Waals surface area contributed by atoms with E-state index in [9.17, 15) is 10.2 Å². The number of allylic oxidation sites excluding steroid dienone is 2. The van der Waals surface area contributed by atoms with E-state index in [1.807, 2.05) is 0 Å². The molecule has 0 unspecified atom stereocenters. The zero-order chi connectivity index (χ0) is 22.6. The molecule has 1 aliphatic heterocycles. The van der Waals surface area contributed by atoms with Crippen LogP contribution in [0.2, 0.25) is 0 Å². The standard InChI is InChI=1S/C26H50O5/c1-2-3-4-5-6-7-8-9-10-11-12-13-14-15-16-17-18-19-20-30-26-23(28)22-31-24(21-27)25(26)29/h15-16,23-29H,2-14,17-22H2,1H3/b16-15+/t23-,24+,25+,26+/m1/s1. The molecule has 31 heavy (non-hydrogen) atoms. The van der Waals surface area contributed by atoms with E-state index < -0.39 is 24.4 Å². The molecular weight excluding hydrogens is 392 g/mol. The molecule has 0 aromatic heterocycles. The largest absolute Gasteiger partial charge is 0.394 e. The zero-order valence-corrected chi connectivity index (χ0v) is 20.1. The molecule has 1 rings (SSSR count). The normalized spacial score (nSPS) is 24.3. The van der Waals surface area contributed by atoms with Gasteiger partial charge in [-0.1, -0.05) is 89.7 Å². The fourth-order valence-electron chi connectivity index (χ4n) is 4.15. The van der Waals surface area contributed by atoms with Crippen molar-refractivity contribution in [1.82, 2.24) is 0 Å². The second kappa shape index (κ2) is 20.2. The van der Waals surface area contributed by atoms with Crippen molar-refractivity contribution in [2.45, 2.75) is 134 Å². The van der Waals surface area contributed by atoms with Crippen molar-refractivity contribution in [1.29, 1.82) is 0 Å². The molecular formula is C26H50O5. The average molecular weight is 443 g/mol. The summed E-state index contributed by atoms with van der Waals surface area (Å²) in [6.45, 7) is 2.60. The van der Waals surface area contributed by atoms with Gasteiger partial charge in [0.15, 0.2) is 0 Å². The predicted molar refractivity (Wildman–Crippen MR) is 127 cm³/mol. The molecule has 5 nitrogen and oxygen atoms in total. The van der Waals surface area contributed by atoms with Gasteiger partial charge in [-0.3, -0.25) is 0 Å². The third-order valence-corrected chi connectivity index (χ3v) is 6.22. The summed E-state index contributed by atoms with van der Waals surface area (Å²) in [6, 6.07) is 0. The molecule has 184 valence electrons. The molecule has 0 spiro atoms. The van der Waals surface area contributed by atoms with E-state index in [1.165, 1.54) is 83.5 Å². The van der Waals surface area contributed by atoms with Crippen molar-refractivity contribution in [3.05, 3.63) is 12.2 Å². The van der Waals surface area contributed by atoms with Gasteiger partial charge in [-0.05, 0) is 32.1 Å². The first kappa shape index (κ1) is 28.6. The minimum Gasteiger partial charge on any atom is -0.394 e. The van der Waals surface area contributed by atoms with Gasteiger partial charge in [0.2, 0.25) is 0 Å². The van der Waals surface area contributed by atoms with Crippen LogP contribution in [0, 0.1) is 0 Å². The van der Waals surface area contributed by atoms with Crippen molar-refractivity contribution in [3.8, 4) is 0 Å². The van der Waals surface area contributed by atoms with Crippen LogP contribution in [0.3, 0.4) is 0 Å². The summed E-state index contributed by atoms with van der Waals surface area (Å²) in [5.74, 6) is 0. The Morgan fingerprint density at radius 2 is 1.29 bits per heavy atom. The van der Waals surface area contributed by atoms with E-state index in [0.29, 0.717) is 6.61 Å². The van der Waals surface area contributed by atoms with Crippen molar-refractivity contribution in [2.24, 2.45) is 0 Å². The lowest BCUT2D eigenvalue weighted by Gasteiger charge is -2.37. The van der Waals surface area contributed by atoms with Gasteiger partial charge in [-0.15, -0.1) is 0 Å². The molecule has 0 amide bonds. The van der Waals surface area contributed by atoms with Crippen LogP contribution in [0.1, 0.15) is 110 Å². The van der Waals surface area contributed by atoms with Gasteiger partial charge in [-0.2, -0.15) is 0 Å². The van der Waals surface area contributed by atoms with Crippen LogP contribution in [0.4, 0.5) is 0 Å². The highest BCUT2D eigenvalue weighted by Gasteiger charge is 2.38. The maximum Gasteiger partial charge on any atom is 0.114 e. The summed E-state index contributed by atoms with van der Waals surface area (Å²) in [4.78, 5) is 0. The van der Waals surface area contributed by atoms with Crippen LogP contribution in [0.25, 0.3) is 0 Å². The molecule has 0 radical (unpaired) electrons. The molecule has 1 heterocycles. The van der Waals surface area contributed by atoms with E-state index in [4.69, 9.17) is 14.6 Å². The maximum absolute atomic E-state index is 10.1. The first-order valence-electron chi connectivity index (χ1n) is 13.1. The monoisotopic (exact) mass is 442 g/mol. The average Bonchev–Trinajstić information content (AvgIpc) is 2.77. The Morgan fingerprint density at radius 3 is 1.84 bits per heavy atom. The van der Waals surface area contributed by atoms with E-state index in [0.717, 1.165) is 19.3 Å². The van der Waals surface area contributed by atoms with Gasteiger partial charge in [0.05, 0.1) is 13.2 Å². The summed E-state index contributed by atoms with van der Waals surface area (Å²) in [5.41, 5.74) is 0. The van der Waals surface area contributed by atoms with Crippen LogP contribution in [-0.2, 0) is 9.47 Å². The van der Waals surface area contributed by atoms with Crippen molar-refractivity contribution < 1.29 is 24.8 Å². The number of aliphatic hydroxyl groups excluding tert-OH is 3. The second-order valence-corrected chi connectivity index (χ2v) is 9.09. The molecule has 0 saturated carbocycles. The molecule has 0 bridgehead atoms. The number of aliphatic hydroxyl groups is 3. The molecule has 0 aromatic carbocycles. The third-order valence-electron chi connectivity index (χ3n) is 6.22. The first-order chi connectivity index (χ1) is 15.2. The molecule has 1 saturated heterocycles. The number of unbranched alkanes of at least 4 members (excludes halogenated alkanes) is 14. The van der Waals surface area contributed by atoms with Crippen LogP contribution in [-0.4, -0.2) is 59.6 Å². The predicted octanol–water partition coefficient (Wildman–Crippen LogP) is 5.30. The Morgan fingerprint density at radius 1 is 0.774 bits per heavy atom. The second-order valence-electron chi connectivity index (χ2n) is 9.09. The Balaban J connectivity index is 1.84. The van der Waals surface area contributed by atoms with Crippen molar-refractivity contribution in [3.63, 3.8) is 0 Å². The third kappa shape index (κ3) is 14.3. The lowest BCUT2D eigenvalue weighted by Crippen LogP contribution is -2.55. The zero-order valence-electron chi connectivity index (χ0n) is 20.1. The van der Waals surface area contributed by atoms with Crippen LogP contribution in [0.5, 0.6) is 0 Å². The number of hydrogen-bond donors (Lipinski definition) is 3. The summed E-state index contributed by atoms with van der Waals surface area (Å²) in [6.07, 6.45) is 22.2. The van der Waals surface area contributed by atoms with Crippen molar-refractivity contribution in [2.75, 3.05) is 19.8 Å². The summed E-state index contributed by atoms with van der Waals surface area (Å²) >= 11 is 0. The summed E-state index contributed by atoms with van der Waals surface area (Å²) < 4.78 is 10.8. The Hall–Kier alpha value is -0.460. The van der Waals surface area contributed by atoms with Gasteiger partial charge in [-0.25, -0.2) is 0 Å². The quantitative estimate of drug-likeness (QED) is 0.176. The fourth-order valence-corrected chi connectivity index (χ4v) is 4.15. The minimum absolute atomic E-state index is 0.0921. The molecule has 3 N–H and O–H groups in total. The lowest BCUT2D eigenvalue weighted by atomic mass is 10.0. The van der Waals surface area contributed by atoms with E-state index in [2.05, 4.69) is 19.1 Å². The molecule has 5 heteroatoms. The Labute approximate surface area is 191 Å². The van der Waals surface area contributed by atoms with Gasteiger partial charge in [0, 0.05) is 6.61 Å².